The monoisotopic (exact) mass is 584 g/mol. The third kappa shape index (κ3) is 571. The summed E-state index contributed by atoms with van der Waals surface area (Å²) in [7, 11) is -16.2. The van der Waals surface area contributed by atoms with Gasteiger partial charge in [0.05, 0.1) is 0 Å². The average Bonchev–Trinajstić information content (AvgIpc) is 1.41. The maximum atomic E-state index is 8.55. The van der Waals surface area contributed by atoms with Gasteiger partial charge in [0.15, 0.2) is 0 Å². The van der Waals surface area contributed by atoms with Crippen LogP contribution in [-0.2, 0) is 13.7 Å². The van der Waals surface area contributed by atoms with Gasteiger partial charge in [-0.15, -0.1) is 0 Å². The standard InChI is InChI=1S/2Al.2Ca.2K.3H3O4P.5H2O/c;;;;;;3*1-5(2,3)4;;;;;/h;;;;;;3*(H3,1,2,3,4);5*1H2/q2*+3;2*+2;2*+1;;;;;;;;/p-12. The van der Waals surface area contributed by atoms with E-state index in [1.807, 2.05) is 0 Å². The molecule has 0 rings (SSSR count). The largest absolute Gasteiger partial charge is 3.00 e. The molecule has 0 aliphatic heterocycles. The Morgan fingerprint density at radius 1 is 0.423 bits per heavy atom. The second-order valence-corrected chi connectivity index (χ2v) is 4.02. The van der Waals surface area contributed by atoms with Gasteiger partial charge in [0.1, 0.15) is 0 Å². The van der Waals surface area contributed by atoms with Gasteiger partial charge in [-0.3, -0.25) is 0 Å². The predicted molar refractivity (Wildman–Crippen MR) is 58.9 cm³/mol. The van der Waals surface area contributed by atoms with Gasteiger partial charge < -0.3 is 85.1 Å². The van der Waals surface area contributed by atoms with Crippen LogP contribution in [0.15, 0.2) is 0 Å². The van der Waals surface area contributed by atoms with E-state index in [-0.39, 0.29) is 240 Å². The SMILES string of the molecule is O.O.O=P([O-])([O-])[O-].O=P([O-])([O-])[O-].O=P([O-])([O-])[O-].[Al+3].[Al+3].[Ca+2].[Ca+2].[K+].[K+].[OH-].[OH-].[OH-]. The minimum atomic E-state index is -5.39. The Labute approximate surface area is 313 Å². The molecule has 0 amide bonds. The molecule has 7 N–H and O–H groups in total. The molecule has 0 aromatic carbocycles. The van der Waals surface area contributed by atoms with Crippen LogP contribution in [0.3, 0.4) is 0 Å². The first-order valence-corrected chi connectivity index (χ1v) is 6.57. The van der Waals surface area contributed by atoms with Crippen LogP contribution in [-0.4, -0.2) is 138 Å². The van der Waals surface area contributed by atoms with Gasteiger partial charge in [-0.05, 0) is 0 Å². The Balaban J connectivity index is -0.00000000571. The van der Waals surface area contributed by atoms with Crippen molar-refractivity contribution in [1.82, 2.24) is 0 Å². The van der Waals surface area contributed by atoms with E-state index >= 15 is 0 Å². The van der Waals surface area contributed by atoms with E-state index in [2.05, 4.69) is 0 Å². The first-order valence-electron chi connectivity index (χ1n) is 2.19. The zero-order chi connectivity index (χ0) is 13.5. The summed E-state index contributed by atoms with van der Waals surface area (Å²) in [6.07, 6.45) is 0. The third-order valence-electron chi connectivity index (χ3n) is 0. The van der Waals surface area contributed by atoms with Crippen LogP contribution >= 0.6 is 23.5 Å². The number of hydrogen-bond acceptors (Lipinski definition) is 15. The van der Waals surface area contributed by atoms with Crippen LogP contribution in [0.1, 0.15) is 0 Å². The molecule has 0 fully saturated rings. The zero-order valence-electron chi connectivity index (χ0n) is 13.2. The fourth-order valence-electron chi connectivity index (χ4n) is 0. The molecule has 0 aliphatic rings. The molecule has 0 aromatic heterocycles. The molecular weight excluding hydrogens is 577 g/mol. The van der Waals surface area contributed by atoms with E-state index in [4.69, 9.17) is 57.7 Å². The van der Waals surface area contributed by atoms with Crippen molar-refractivity contribution in [3.63, 3.8) is 0 Å². The third-order valence-corrected chi connectivity index (χ3v) is 0. The van der Waals surface area contributed by atoms with Crippen LogP contribution < -0.4 is 147 Å². The minimum Gasteiger partial charge on any atom is -0.870 e. The van der Waals surface area contributed by atoms with Gasteiger partial charge in [0.2, 0.25) is 0 Å². The van der Waals surface area contributed by atoms with Crippen molar-refractivity contribution in [3.8, 4) is 0 Å². The summed E-state index contributed by atoms with van der Waals surface area (Å²) in [6.45, 7) is 0. The maximum Gasteiger partial charge on any atom is 3.00 e. The summed E-state index contributed by atoms with van der Waals surface area (Å²) in [5.74, 6) is 0. The van der Waals surface area contributed by atoms with E-state index in [1.165, 1.54) is 0 Å². The average molecular weight is 584 g/mol. The molecule has 0 spiro atoms. The molecule has 0 unspecified atom stereocenters. The van der Waals surface area contributed by atoms with Crippen LogP contribution in [0.4, 0.5) is 0 Å². The van der Waals surface area contributed by atoms with E-state index in [0.717, 1.165) is 0 Å². The summed E-state index contributed by atoms with van der Waals surface area (Å²) < 4.78 is 25.6. The second-order valence-electron chi connectivity index (χ2n) is 1.34. The maximum absolute atomic E-state index is 8.55. The molecule has 0 heterocycles. The van der Waals surface area contributed by atoms with Gasteiger partial charge >= 0.3 is 213 Å². The van der Waals surface area contributed by atoms with Crippen LogP contribution in [0.5, 0.6) is 0 Å². The molecule has 136 valence electrons. The van der Waals surface area contributed by atoms with Crippen LogP contribution in [0, 0.1) is 0 Å². The smallest absolute Gasteiger partial charge is 0.870 e. The molecule has 0 atom stereocenters. The quantitative estimate of drug-likeness (QED) is 0.188. The molecule has 0 saturated heterocycles. The number of phosphoric acid groups is 3. The second kappa shape index (κ2) is 49.2. The minimum absolute atomic E-state index is 0. The Hall–Kier alpha value is 6.99. The zero-order valence-corrected chi connectivity index (χ0v) is 28.8. The van der Waals surface area contributed by atoms with Crippen molar-refractivity contribution in [2.45, 2.75) is 0 Å². The Kier molecular flexibility index (Phi) is 177. The first kappa shape index (κ1) is 93.6. The summed E-state index contributed by atoms with van der Waals surface area (Å²) in [5.41, 5.74) is 0. The van der Waals surface area contributed by atoms with E-state index in [0.29, 0.717) is 0 Å². The summed E-state index contributed by atoms with van der Waals surface area (Å²) in [4.78, 5) is 76.9. The molecular formula is H7Al2Ca2K2O17P3. The van der Waals surface area contributed by atoms with Gasteiger partial charge in [0, 0.05) is 0 Å². The Bertz CT molecular complexity index is 228. The molecule has 0 saturated carbocycles. The predicted octanol–water partition coefficient (Wildman–Crippen LogP) is -18.2. The van der Waals surface area contributed by atoms with E-state index < -0.39 is 23.5 Å². The van der Waals surface area contributed by atoms with E-state index in [9.17, 15) is 0 Å². The van der Waals surface area contributed by atoms with Crippen molar-refractivity contribution < 1.29 is 188 Å². The fraction of sp³-hybridized carbons (Fsp3) is 0. The Morgan fingerprint density at radius 2 is 0.423 bits per heavy atom. The molecule has 0 aliphatic carbocycles. The van der Waals surface area contributed by atoms with Crippen molar-refractivity contribution >= 4 is 134 Å². The summed E-state index contributed by atoms with van der Waals surface area (Å²) >= 11 is 0. The Morgan fingerprint density at radius 3 is 0.423 bits per heavy atom. The van der Waals surface area contributed by atoms with Crippen LogP contribution in [0.2, 0.25) is 0 Å². The van der Waals surface area contributed by atoms with Crippen molar-refractivity contribution in [3.05, 3.63) is 0 Å². The van der Waals surface area contributed by atoms with Crippen molar-refractivity contribution in [1.29, 1.82) is 0 Å². The van der Waals surface area contributed by atoms with Gasteiger partial charge in [-0.25, -0.2) is 0 Å². The first-order chi connectivity index (χ1) is 6.00. The fourth-order valence-corrected chi connectivity index (χ4v) is 0. The van der Waals surface area contributed by atoms with Gasteiger partial charge in [-0.1, -0.05) is 0 Å². The molecule has 0 aromatic rings. The topological polar surface area (TPSA) is 412 Å². The molecule has 0 bridgehead atoms. The van der Waals surface area contributed by atoms with Gasteiger partial charge in [-0.2, -0.15) is 23.5 Å². The molecule has 26 heavy (non-hydrogen) atoms. The number of hydrogen-bond donors (Lipinski definition) is 0. The molecule has 0 radical (unpaired) electrons. The normalized spacial score (nSPS) is 6.81. The van der Waals surface area contributed by atoms with Crippen LogP contribution in [0.25, 0.3) is 0 Å². The summed E-state index contributed by atoms with van der Waals surface area (Å²) in [5, 5.41) is 0. The van der Waals surface area contributed by atoms with Crippen molar-refractivity contribution in [2.24, 2.45) is 0 Å². The van der Waals surface area contributed by atoms with E-state index in [1.54, 1.807) is 0 Å². The summed E-state index contributed by atoms with van der Waals surface area (Å²) in [6, 6.07) is 0. The van der Waals surface area contributed by atoms with Crippen molar-refractivity contribution in [2.75, 3.05) is 0 Å². The molecule has 26 heteroatoms. The van der Waals surface area contributed by atoms with Gasteiger partial charge in [0.25, 0.3) is 0 Å². The number of rotatable bonds is 0. The molecule has 17 nitrogen and oxygen atoms in total.